The summed E-state index contributed by atoms with van der Waals surface area (Å²) in [4.78, 5) is 14.3. The first-order chi connectivity index (χ1) is 9.47. The molecule has 0 fully saturated rings. The number of aliphatic imine (C=N–C) groups is 1. The molecule has 5 nitrogen and oxygen atoms in total. The van der Waals surface area contributed by atoms with Crippen molar-refractivity contribution in [3.63, 3.8) is 0 Å². The van der Waals surface area contributed by atoms with Crippen molar-refractivity contribution in [1.29, 1.82) is 0 Å². The first-order valence-electron chi connectivity index (χ1n) is 5.73. The van der Waals surface area contributed by atoms with E-state index < -0.39 is 4.92 Å². The van der Waals surface area contributed by atoms with Crippen LogP contribution in [0.2, 0.25) is 5.02 Å². The molecule has 0 heterocycles. The topological polar surface area (TPSA) is 78.6 Å². The Balaban J connectivity index is 2.38. The zero-order valence-corrected chi connectivity index (χ0v) is 11.3. The molecule has 0 N–H and O–H groups in total. The van der Waals surface area contributed by atoms with Gasteiger partial charge < -0.3 is 5.11 Å². The number of hydrogen-bond donors (Lipinski definition) is 0. The number of hydrogen-bond acceptors (Lipinski definition) is 4. The number of nitrogens with zero attached hydrogens (tertiary/aromatic N) is 2. The Morgan fingerprint density at radius 2 is 2.00 bits per heavy atom. The highest BCUT2D eigenvalue weighted by Crippen LogP contribution is 2.24. The Hall–Kier alpha value is -2.40. The van der Waals surface area contributed by atoms with Crippen LogP contribution in [0.4, 0.5) is 11.4 Å². The lowest BCUT2D eigenvalue weighted by Crippen LogP contribution is -1.98. The Labute approximate surface area is 120 Å². The summed E-state index contributed by atoms with van der Waals surface area (Å²) in [6, 6.07) is 8.73. The van der Waals surface area contributed by atoms with E-state index in [1.807, 2.05) is 6.92 Å². The fraction of sp³-hybridized carbons (Fsp3) is 0.0714. The minimum atomic E-state index is -0.554. The second kappa shape index (κ2) is 5.71. The molecular weight excluding hydrogens is 280 g/mol. The summed E-state index contributed by atoms with van der Waals surface area (Å²) in [6.45, 7) is 1.86. The van der Waals surface area contributed by atoms with Crippen molar-refractivity contribution in [2.45, 2.75) is 6.92 Å². The number of aryl methyl sites for hydroxylation is 1. The zero-order chi connectivity index (χ0) is 14.7. The van der Waals surface area contributed by atoms with E-state index in [0.717, 1.165) is 11.6 Å². The molecule has 102 valence electrons. The molecule has 0 unspecified atom stereocenters. The normalized spacial score (nSPS) is 10.9. The van der Waals surface area contributed by atoms with Gasteiger partial charge in [-0.05, 0) is 30.2 Å². The van der Waals surface area contributed by atoms with Crippen LogP contribution in [0.3, 0.4) is 0 Å². The molecule has 0 atom stereocenters. The van der Waals surface area contributed by atoms with Crippen molar-refractivity contribution in [2.24, 2.45) is 4.99 Å². The van der Waals surface area contributed by atoms with Gasteiger partial charge in [-0.2, -0.15) is 0 Å². The van der Waals surface area contributed by atoms with Crippen LogP contribution in [0.15, 0.2) is 41.4 Å². The van der Waals surface area contributed by atoms with Gasteiger partial charge in [-0.25, -0.2) is 0 Å². The lowest BCUT2D eigenvalue weighted by Gasteiger charge is -2.09. The first-order valence-corrected chi connectivity index (χ1v) is 6.11. The molecule has 6 heteroatoms. The molecule has 0 amide bonds. The van der Waals surface area contributed by atoms with Crippen LogP contribution in [0.1, 0.15) is 11.1 Å². The van der Waals surface area contributed by atoms with Crippen LogP contribution < -0.4 is 5.11 Å². The predicted molar refractivity (Wildman–Crippen MR) is 76.0 cm³/mol. The van der Waals surface area contributed by atoms with E-state index in [1.54, 1.807) is 18.2 Å². The van der Waals surface area contributed by atoms with Gasteiger partial charge in [0.15, 0.2) is 0 Å². The second-order valence-corrected chi connectivity index (χ2v) is 4.60. The summed E-state index contributed by atoms with van der Waals surface area (Å²) in [5.74, 6) is -0.320. The van der Waals surface area contributed by atoms with E-state index in [-0.39, 0.29) is 17.0 Å². The van der Waals surface area contributed by atoms with E-state index in [1.165, 1.54) is 18.3 Å². The maximum Gasteiger partial charge on any atom is 0.270 e. The van der Waals surface area contributed by atoms with E-state index in [4.69, 9.17) is 11.6 Å². The predicted octanol–water partition coefficient (Wildman–Crippen LogP) is 3.38. The number of halogens is 1. The summed E-state index contributed by atoms with van der Waals surface area (Å²) in [5, 5.41) is 22.8. The Morgan fingerprint density at radius 3 is 2.70 bits per heavy atom. The summed E-state index contributed by atoms with van der Waals surface area (Å²) < 4.78 is 0. The standard InChI is InChI=1S/C14H11ClN2O3/c1-9-2-3-11(15)7-13(9)16-8-10-6-12(17(19)20)4-5-14(10)18/h2-8,18H,1H3/p-1. The van der Waals surface area contributed by atoms with Gasteiger partial charge in [-0.1, -0.05) is 29.5 Å². The largest absolute Gasteiger partial charge is 0.872 e. The smallest absolute Gasteiger partial charge is 0.270 e. The molecule has 0 aliphatic heterocycles. The lowest BCUT2D eigenvalue weighted by atomic mass is 10.2. The molecule has 0 saturated heterocycles. The molecule has 0 aliphatic carbocycles. The van der Waals surface area contributed by atoms with Crippen LogP contribution in [-0.4, -0.2) is 11.1 Å². The van der Waals surface area contributed by atoms with Crippen molar-refractivity contribution < 1.29 is 10.0 Å². The third-order valence-electron chi connectivity index (χ3n) is 2.72. The zero-order valence-electron chi connectivity index (χ0n) is 10.5. The SMILES string of the molecule is Cc1ccc(Cl)cc1N=Cc1cc([N+](=O)[O-])ccc1[O-]. The average molecular weight is 290 g/mol. The summed E-state index contributed by atoms with van der Waals surface area (Å²) in [5.41, 5.74) is 1.53. The molecule has 2 aromatic rings. The molecule has 0 spiro atoms. The van der Waals surface area contributed by atoms with Gasteiger partial charge in [0.1, 0.15) is 0 Å². The molecule has 2 aromatic carbocycles. The van der Waals surface area contributed by atoms with Crippen LogP contribution in [0.5, 0.6) is 5.75 Å². The maximum atomic E-state index is 11.6. The Morgan fingerprint density at radius 1 is 1.25 bits per heavy atom. The van der Waals surface area contributed by atoms with Gasteiger partial charge in [0.2, 0.25) is 0 Å². The average Bonchev–Trinajstić information content (AvgIpc) is 2.41. The molecule has 0 radical (unpaired) electrons. The van der Waals surface area contributed by atoms with Crippen LogP contribution >= 0.6 is 11.6 Å². The van der Waals surface area contributed by atoms with E-state index in [9.17, 15) is 15.2 Å². The third kappa shape index (κ3) is 3.13. The van der Waals surface area contributed by atoms with Gasteiger partial charge in [-0.3, -0.25) is 15.1 Å². The Kier molecular flexibility index (Phi) is 4.00. The van der Waals surface area contributed by atoms with Gasteiger partial charge in [0.05, 0.1) is 10.6 Å². The van der Waals surface area contributed by atoms with Crippen molar-refractivity contribution in [2.75, 3.05) is 0 Å². The van der Waals surface area contributed by atoms with Crippen molar-refractivity contribution >= 4 is 29.2 Å². The summed E-state index contributed by atoms with van der Waals surface area (Å²) >= 11 is 5.87. The minimum Gasteiger partial charge on any atom is -0.872 e. The highest BCUT2D eigenvalue weighted by atomic mass is 35.5. The highest BCUT2D eigenvalue weighted by molar-refractivity contribution is 6.30. The van der Waals surface area contributed by atoms with Gasteiger partial charge in [0.25, 0.3) is 5.69 Å². The molecule has 0 aromatic heterocycles. The Bertz CT molecular complexity index is 699. The summed E-state index contributed by atoms with van der Waals surface area (Å²) in [6.07, 6.45) is 1.31. The van der Waals surface area contributed by atoms with E-state index in [2.05, 4.69) is 4.99 Å². The molecular formula is C14H10ClN2O3-. The lowest BCUT2D eigenvalue weighted by molar-refractivity contribution is -0.385. The summed E-state index contributed by atoms with van der Waals surface area (Å²) in [7, 11) is 0. The third-order valence-corrected chi connectivity index (χ3v) is 2.95. The number of non-ortho nitro benzene ring substituents is 1. The van der Waals surface area contributed by atoms with Crippen molar-refractivity contribution in [3.8, 4) is 5.75 Å². The number of nitro groups is 1. The highest BCUT2D eigenvalue weighted by Gasteiger charge is 2.05. The van der Waals surface area contributed by atoms with E-state index >= 15 is 0 Å². The van der Waals surface area contributed by atoms with Crippen molar-refractivity contribution in [1.82, 2.24) is 0 Å². The minimum absolute atomic E-state index is 0.145. The molecule has 2 rings (SSSR count). The number of nitro benzene ring substituents is 1. The molecule has 0 saturated carbocycles. The number of benzene rings is 2. The fourth-order valence-corrected chi connectivity index (χ4v) is 1.78. The first kappa shape index (κ1) is 14.0. The van der Waals surface area contributed by atoms with Gasteiger partial charge in [0, 0.05) is 23.4 Å². The van der Waals surface area contributed by atoms with Crippen LogP contribution in [0, 0.1) is 17.0 Å². The van der Waals surface area contributed by atoms with Gasteiger partial charge >= 0.3 is 0 Å². The maximum absolute atomic E-state index is 11.6. The second-order valence-electron chi connectivity index (χ2n) is 4.17. The molecule has 0 aliphatic rings. The van der Waals surface area contributed by atoms with Crippen LogP contribution in [0.25, 0.3) is 0 Å². The number of rotatable bonds is 3. The van der Waals surface area contributed by atoms with Crippen LogP contribution in [-0.2, 0) is 0 Å². The fourth-order valence-electron chi connectivity index (χ4n) is 1.61. The van der Waals surface area contributed by atoms with Crippen molar-refractivity contribution in [3.05, 3.63) is 62.7 Å². The van der Waals surface area contributed by atoms with E-state index in [0.29, 0.717) is 10.7 Å². The quantitative estimate of drug-likeness (QED) is 0.493. The van der Waals surface area contributed by atoms with Gasteiger partial charge in [-0.15, -0.1) is 0 Å². The molecule has 20 heavy (non-hydrogen) atoms. The monoisotopic (exact) mass is 289 g/mol. The molecule has 0 bridgehead atoms.